The number of hydrogen-bond acceptors (Lipinski definition) is 4. The van der Waals surface area contributed by atoms with Crippen LogP contribution in [0.5, 0.6) is 0 Å². The van der Waals surface area contributed by atoms with Crippen molar-refractivity contribution in [2.45, 2.75) is 6.17 Å². The van der Waals surface area contributed by atoms with Gasteiger partial charge in [0.05, 0.1) is 11.6 Å². The van der Waals surface area contributed by atoms with Crippen molar-refractivity contribution < 1.29 is 0 Å². The lowest BCUT2D eigenvalue weighted by molar-refractivity contribution is 0.756. The summed E-state index contributed by atoms with van der Waals surface area (Å²) in [6.45, 7) is 0. The summed E-state index contributed by atoms with van der Waals surface area (Å²) in [7, 11) is 0. The highest BCUT2D eigenvalue weighted by Gasteiger charge is 2.21. The molecule has 0 aromatic heterocycles. The van der Waals surface area contributed by atoms with Gasteiger partial charge in [0.15, 0.2) is 6.17 Å². The number of fused-ring (bicyclic) bond motifs is 1. The first-order valence-corrected chi connectivity index (χ1v) is 16.0. The highest BCUT2D eigenvalue weighted by Crippen LogP contribution is 2.37. The smallest absolute Gasteiger partial charge is 0.169 e. The summed E-state index contributed by atoms with van der Waals surface area (Å²) in [5.41, 5.74) is 10.4. The van der Waals surface area contributed by atoms with Crippen molar-refractivity contribution in [3.8, 4) is 39.4 Å². The highest BCUT2D eigenvalue weighted by molar-refractivity contribution is 6.16. The molecule has 8 rings (SSSR count). The predicted molar refractivity (Wildman–Crippen MR) is 197 cm³/mol. The Morgan fingerprint density at radius 1 is 0.417 bits per heavy atom. The van der Waals surface area contributed by atoms with E-state index in [2.05, 4.69) is 121 Å². The van der Waals surface area contributed by atoms with E-state index in [0.717, 1.165) is 50.6 Å². The first-order chi connectivity index (χ1) is 23.7. The van der Waals surface area contributed by atoms with E-state index >= 15 is 0 Å². The second-order valence-electron chi connectivity index (χ2n) is 11.7. The summed E-state index contributed by atoms with van der Waals surface area (Å²) in [6.07, 6.45) is -0.368. The summed E-state index contributed by atoms with van der Waals surface area (Å²) >= 11 is 0. The molecule has 48 heavy (non-hydrogen) atoms. The molecule has 1 aliphatic rings. The van der Waals surface area contributed by atoms with Gasteiger partial charge in [-0.3, -0.25) is 0 Å². The second-order valence-corrected chi connectivity index (χ2v) is 11.7. The van der Waals surface area contributed by atoms with Crippen LogP contribution in [0.15, 0.2) is 180 Å². The summed E-state index contributed by atoms with van der Waals surface area (Å²) < 4.78 is 0. The lowest BCUT2D eigenvalue weighted by atomic mass is 9.91. The zero-order chi connectivity index (χ0) is 32.3. The molecule has 0 amide bonds. The minimum atomic E-state index is -0.368. The van der Waals surface area contributed by atoms with Crippen molar-refractivity contribution in [1.82, 2.24) is 5.32 Å². The maximum atomic E-state index is 9.58. The summed E-state index contributed by atoms with van der Waals surface area (Å²) in [5, 5.41) is 15.4. The molecule has 0 unspecified atom stereocenters. The molecule has 226 valence electrons. The number of nitrogens with zero attached hydrogens (tertiary/aromatic N) is 3. The minimum Gasteiger partial charge on any atom is -0.324 e. The Labute approximate surface area is 280 Å². The highest BCUT2D eigenvalue weighted by atomic mass is 15.2. The van der Waals surface area contributed by atoms with Gasteiger partial charge in [-0.15, -0.1) is 0 Å². The average Bonchev–Trinajstić information content (AvgIpc) is 3.18. The van der Waals surface area contributed by atoms with Gasteiger partial charge in [0.2, 0.25) is 0 Å². The quantitative estimate of drug-likeness (QED) is 0.203. The van der Waals surface area contributed by atoms with Crippen LogP contribution in [0.3, 0.4) is 0 Å². The van der Waals surface area contributed by atoms with E-state index in [1.165, 1.54) is 21.9 Å². The molecule has 7 aromatic rings. The van der Waals surface area contributed by atoms with E-state index in [1.807, 2.05) is 60.7 Å². The number of nitrogens with one attached hydrogen (secondary N) is 1. The molecule has 0 saturated carbocycles. The Bertz CT molecular complexity index is 2290. The third-order valence-corrected chi connectivity index (χ3v) is 8.83. The topological polar surface area (TPSA) is 60.5 Å². The van der Waals surface area contributed by atoms with Crippen molar-refractivity contribution in [3.05, 3.63) is 192 Å². The lowest BCUT2D eigenvalue weighted by Crippen LogP contribution is -2.35. The monoisotopic (exact) mass is 614 g/mol. The SMILES string of the molecule is N#Cc1ccccc1-c1ccc(-c2ccc(-c3ccc(C4N=C(c5ccccc5)NC(c5ccccc5)=N4)cc3)c3ccccc23)cc1. The van der Waals surface area contributed by atoms with Crippen LogP contribution >= 0.6 is 0 Å². The van der Waals surface area contributed by atoms with E-state index in [9.17, 15) is 5.26 Å². The van der Waals surface area contributed by atoms with Gasteiger partial charge < -0.3 is 5.32 Å². The molecule has 1 heterocycles. The standard InChI is InChI=1S/C44H30N4/c45-29-36-15-7-8-16-37(36)30-19-21-31(22-20-30)38-27-28-39(41-18-10-9-17-40(38)41)32-23-25-35(26-24-32)44-47-42(33-11-3-1-4-12-33)46-43(48-44)34-13-5-2-6-14-34/h1-28,44H,(H,46,47,48). The number of amidine groups is 2. The Morgan fingerprint density at radius 2 is 0.854 bits per heavy atom. The van der Waals surface area contributed by atoms with Crippen LogP contribution in [-0.2, 0) is 0 Å². The molecule has 0 atom stereocenters. The molecule has 1 N–H and O–H groups in total. The van der Waals surface area contributed by atoms with Gasteiger partial charge in [0, 0.05) is 11.1 Å². The number of benzene rings is 7. The fourth-order valence-corrected chi connectivity index (χ4v) is 6.38. The predicted octanol–water partition coefficient (Wildman–Crippen LogP) is 10.2. The molecule has 0 fully saturated rings. The van der Waals surface area contributed by atoms with Gasteiger partial charge in [0.25, 0.3) is 0 Å². The van der Waals surface area contributed by atoms with Crippen molar-refractivity contribution in [2.24, 2.45) is 9.98 Å². The summed E-state index contributed by atoms with van der Waals surface area (Å²) in [6, 6.07) is 60.6. The molecule has 4 heteroatoms. The molecule has 1 aliphatic heterocycles. The normalized spacial score (nSPS) is 12.9. The fraction of sp³-hybridized carbons (Fsp3) is 0.0227. The number of nitriles is 1. The maximum absolute atomic E-state index is 9.58. The first kappa shape index (κ1) is 28.9. The maximum Gasteiger partial charge on any atom is 0.169 e. The van der Waals surface area contributed by atoms with Gasteiger partial charge in [-0.1, -0.05) is 164 Å². The average molecular weight is 615 g/mol. The molecule has 0 radical (unpaired) electrons. The van der Waals surface area contributed by atoms with Crippen LogP contribution in [0.1, 0.15) is 28.4 Å². The summed E-state index contributed by atoms with van der Waals surface area (Å²) in [4.78, 5) is 10.1. The molecule has 4 nitrogen and oxygen atoms in total. The van der Waals surface area contributed by atoms with Gasteiger partial charge in [0.1, 0.15) is 11.7 Å². The van der Waals surface area contributed by atoms with E-state index in [1.54, 1.807) is 0 Å². The van der Waals surface area contributed by atoms with Crippen LogP contribution in [0.25, 0.3) is 44.2 Å². The molecule has 0 aliphatic carbocycles. The van der Waals surface area contributed by atoms with Gasteiger partial charge in [-0.05, 0) is 55.8 Å². The van der Waals surface area contributed by atoms with Crippen LogP contribution < -0.4 is 5.32 Å². The Kier molecular flexibility index (Phi) is 7.62. The molecule has 0 spiro atoms. The first-order valence-electron chi connectivity index (χ1n) is 16.0. The summed E-state index contributed by atoms with van der Waals surface area (Å²) in [5.74, 6) is 1.62. The van der Waals surface area contributed by atoms with Gasteiger partial charge in [-0.2, -0.15) is 5.26 Å². The Hall–Kier alpha value is -6.57. The largest absolute Gasteiger partial charge is 0.324 e. The van der Waals surface area contributed by atoms with E-state index < -0.39 is 0 Å². The van der Waals surface area contributed by atoms with Crippen molar-refractivity contribution in [1.29, 1.82) is 5.26 Å². The Morgan fingerprint density at radius 3 is 1.38 bits per heavy atom. The van der Waals surface area contributed by atoms with Gasteiger partial charge >= 0.3 is 0 Å². The van der Waals surface area contributed by atoms with Gasteiger partial charge in [-0.25, -0.2) is 9.98 Å². The van der Waals surface area contributed by atoms with Crippen molar-refractivity contribution >= 4 is 22.4 Å². The Balaban J connectivity index is 1.13. The molecular formula is C44H30N4. The van der Waals surface area contributed by atoms with E-state index in [-0.39, 0.29) is 6.17 Å². The van der Waals surface area contributed by atoms with Crippen LogP contribution in [0.2, 0.25) is 0 Å². The van der Waals surface area contributed by atoms with Crippen LogP contribution in [0, 0.1) is 11.3 Å². The lowest BCUT2D eigenvalue weighted by Gasteiger charge is -2.22. The van der Waals surface area contributed by atoms with Crippen molar-refractivity contribution in [2.75, 3.05) is 0 Å². The molecule has 0 saturated heterocycles. The zero-order valence-corrected chi connectivity index (χ0v) is 26.1. The van der Waals surface area contributed by atoms with Crippen LogP contribution in [-0.4, -0.2) is 11.7 Å². The molecule has 7 aromatic carbocycles. The second kappa shape index (κ2) is 12.7. The third kappa shape index (κ3) is 5.55. The zero-order valence-electron chi connectivity index (χ0n) is 26.1. The van der Waals surface area contributed by atoms with Crippen LogP contribution in [0.4, 0.5) is 0 Å². The minimum absolute atomic E-state index is 0.368. The number of hydrogen-bond donors (Lipinski definition) is 1. The fourth-order valence-electron chi connectivity index (χ4n) is 6.38. The number of aliphatic imine (C=N–C) groups is 2. The van der Waals surface area contributed by atoms with Crippen molar-refractivity contribution in [3.63, 3.8) is 0 Å². The van der Waals surface area contributed by atoms with E-state index in [0.29, 0.717) is 5.56 Å². The third-order valence-electron chi connectivity index (χ3n) is 8.83. The molecule has 0 bridgehead atoms. The molecular weight excluding hydrogens is 585 g/mol. The number of rotatable bonds is 6. The van der Waals surface area contributed by atoms with E-state index in [4.69, 9.17) is 9.98 Å².